The van der Waals surface area contributed by atoms with Crippen molar-refractivity contribution in [2.24, 2.45) is 11.8 Å². The van der Waals surface area contributed by atoms with E-state index in [9.17, 15) is 0 Å². The number of hydrogen-bond donors (Lipinski definition) is 1. The van der Waals surface area contributed by atoms with E-state index in [1.54, 1.807) is 0 Å². The molecule has 2 heteroatoms. The second kappa shape index (κ2) is 7.56. The third kappa shape index (κ3) is 4.16. The molecule has 1 saturated carbocycles. The van der Waals surface area contributed by atoms with Crippen molar-refractivity contribution < 1.29 is 4.74 Å². The van der Waals surface area contributed by atoms with Crippen LogP contribution in [0.5, 0.6) is 5.75 Å². The van der Waals surface area contributed by atoms with Crippen molar-refractivity contribution in [3.05, 3.63) is 24.3 Å². The zero-order valence-electron chi connectivity index (χ0n) is 13.2. The van der Waals surface area contributed by atoms with Crippen LogP contribution in [0.4, 0.5) is 5.69 Å². The van der Waals surface area contributed by atoms with Crippen molar-refractivity contribution in [2.45, 2.75) is 58.9 Å². The molecule has 0 aliphatic heterocycles. The Morgan fingerprint density at radius 3 is 2.50 bits per heavy atom. The fraction of sp³-hybridized carbons (Fsp3) is 0.667. The number of benzene rings is 1. The summed E-state index contributed by atoms with van der Waals surface area (Å²) in [5.41, 5.74) is 1.23. The second-order valence-electron chi connectivity index (χ2n) is 6.32. The van der Waals surface area contributed by atoms with E-state index in [1.165, 1.54) is 31.4 Å². The van der Waals surface area contributed by atoms with Crippen molar-refractivity contribution in [1.29, 1.82) is 0 Å². The molecule has 1 fully saturated rings. The van der Waals surface area contributed by atoms with Crippen molar-refractivity contribution >= 4 is 5.69 Å². The third-order valence-corrected chi connectivity index (χ3v) is 4.35. The molecule has 20 heavy (non-hydrogen) atoms. The van der Waals surface area contributed by atoms with Gasteiger partial charge in [-0.1, -0.05) is 33.6 Å². The van der Waals surface area contributed by atoms with Crippen molar-refractivity contribution in [1.82, 2.24) is 0 Å². The quantitative estimate of drug-likeness (QED) is 0.779. The van der Waals surface area contributed by atoms with Gasteiger partial charge in [-0.15, -0.1) is 0 Å². The van der Waals surface area contributed by atoms with E-state index >= 15 is 0 Å². The Hall–Kier alpha value is -1.18. The van der Waals surface area contributed by atoms with Gasteiger partial charge in [-0.2, -0.15) is 0 Å². The lowest BCUT2D eigenvalue weighted by Crippen LogP contribution is -2.35. The van der Waals surface area contributed by atoms with Crippen LogP contribution in [0.1, 0.15) is 52.9 Å². The van der Waals surface area contributed by atoms with Gasteiger partial charge in [0.15, 0.2) is 0 Å². The Kier molecular flexibility index (Phi) is 5.75. The summed E-state index contributed by atoms with van der Waals surface area (Å²) in [6.07, 6.45) is 6.48. The molecule has 2 nitrogen and oxygen atoms in total. The van der Waals surface area contributed by atoms with E-state index in [-0.39, 0.29) is 0 Å². The van der Waals surface area contributed by atoms with Crippen LogP contribution in [-0.4, -0.2) is 12.6 Å². The van der Waals surface area contributed by atoms with Gasteiger partial charge in [0, 0.05) is 11.7 Å². The number of hydrogen-bond acceptors (Lipinski definition) is 2. The molecule has 0 heterocycles. The molecular weight excluding hydrogens is 246 g/mol. The van der Waals surface area contributed by atoms with Gasteiger partial charge in [-0.25, -0.2) is 0 Å². The molecule has 2 atom stereocenters. The molecule has 1 N–H and O–H groups in total. The maximum absolute atomic E-state index is 5.63. The van der Waals surface area contributed by atoms with Gasteiger partial charge in [-0.3, -0.25) is 0 Å². The van der Waals surface area contributed by atoms with Crippen molar-refractivity contribution in [3.8, 4) is 5.75 Å². The maximum Gasteiger partial charge on any atom is 0.119 e. The Morgan fingerprint density at radius 1 is 1.15 bits per heavy atom. The predicted octanol–water partition coefficient (Wildman–Crippen LogP) is 5.10. The SMILES string of the molecule is CCCOc1ccc(NC2CCCCC2C(C)C)cc1. The average molecular weight is 275 g/mol. The van der Waals surface area contributed by atoms with E-state index in [1.807, 2.05) is 0 Å². The van der Waals surface area contributed by atoms with E-state index in [4.69, 9.17) is 4.74 Å². The Morgan fingerprint density at radius 2 is 1.85 bits per heavy atom. The Balaban J connectivity index is 1.94. The van der Waals surface area contributed by atoms with Crippen LogP contribution in [0.2, 0.25) is 0 Å². The molecule has 1 aliphatic carbocycles. The minimum Gasteiger partial charge on any atom is -0.494 e. The van der Waals surface area contributed by atoms with Crippen molar-refractivity contribution in [2.75, 3.05) is 11.9 Å². The third-order valence-electron chi connectivity index (χ3n) is 4.35. The van der Waals surface area contributed by atoms with Gasteiger partial charge in [0.05, 0.1) is 6.61 Å². The minimum atomic E-state index is 0.631. The van der Waals surface area contributed by atoms with Gasteiger partial charge < -0.3 is 10.1 Å². The predicted molar refractivity (Wildman–Crippen MR) is 86.4 cm³/mol. The number of anilines is 1. The van der Waals surface area contributed by atoms with Crippen molar-refractivity contribution in [3.63, 3.8) is 0 Å². The second-order valence-corrected chi connectivity index (χ2v) is 6.32. The van der Waals surface area contributed by atoms with Gasteiger partial charge in [-0.05, 0) is 55.4 Å². The highest BCUT2D eigenvalue weighted by Crippen LogP contribution is 2.32. The maximum atomic E-state index is 5.63. The molecule has 0 radical (unpaired) electrons. The largest absolute Gasteiger partial charge is 0.494 e. The highest BCUT2D eigenvalue weighted by molar-refractivity contribution is 5.47. The first-order valence-electron chi connectivity index (χ1n) is 8.20. The lowest BCUT2D eigenvalue weighted by Gasteiger charge is -2.35. The first-order valence-corrected chi connectivity index (χ1v) is 8.20. The molecule has 2 rings (SSSR count). The van der Waals surface area contributed by atoms with Gasteiger partial charge in [0.25, 0.3) is 0 Å². The van der Waals surface area contributed by atoms with Crippen LogP contribution < -0.4 is 10.1 Å². The zero-order chi connectivity index (χ0) is 14.4. The fourth-order valence-electron chi connectivity index (χ4n) is 3.22. The summed E-state index contributed by atoms with van der Waals surface area (Å²) in [5.74, 6) is 2.54. The van der Waals surface area contributed by atoms with Crippen LogP contribution >= 0.6 is 0 Å². The van der Waals surface area contributed by atoms with Crippen LogP contribution in [0.15, 0.2) is 24.3 Å². The normalized spacial score (nSPS) is 22.8. The molecule has 112 valence electrons. The smallest absolute Gasteiger partial charge is 0.119 e. The standard InChI is InChI=1S/C18H29NO/c1-4-13-20-16-11-9-15(10-12-16)19-18-8-6-5-7-17(18)14(2)3/h9-12,14,17-19H,4-8,13H2,1-3H3. The van der Waals surface area contributed by atoms with E-state index in [2.05, 4.69) is 50.4 Å². The fourth-order valence-corrected chi connectivity index (χ4v) is 3.22. The van der Waals surface area contributed by atoms with E-state index in [0.29, 0.717) is 6.04 Å². The molecule has 2 unspecified atom stereocenters. The summed E-state index contributed by atoms with van der Waals surface area (Å²) < 4.78 is 5.63. The Labute approximate surface area is 123 Å². The Bertz CT molecular complexity index is 385. The van der Waals surface area contributed by atoms with Gasteiger partial charge >= 0.3 is 0 Å². The summed E-state index contributed by atoms with van der Waals surface area (Å²) in [5, 5.41) is 3.74. The summed E-state index contributed by atoms with van der Waals surface area (Å²) >= 11 is 0. The topological polar surface area (TPSA) is 21.3 Å². The van der Waals surface area contributed by atoms with Gasteiger partial charge in [0.2, 0.25) is 0 Å². The lowest BCUT2D eigenvalue weighted by molar-refractivity contribution is 0.254. The molecule has 1 aromatic rings. The number of rotatable bonds is 6. The zero-order valence-corrected chi connectivity index (χ0v) is 13.2. The highest BCUT2D eigenvalue weighted by atomic mass is 16.5. The van der Waals surface area contributed by atoms with E-state index < -0.39 is 0 Å². The molecule has 0 bridgehead atoms. The minimum absolute atomic E-state index is 0.631. The first kappa shape index (κ1) is 15.2. The highest BCUT2D eigenvalue weighted by Gasteiger charge is 2.27. The van der Waals surface area contributed by atoms with Crippen LogP contribution in [0.25, 0.3) is 0 Å². The van der Waals surface area contributed by atoms with Crippen LogP contribution in [0.3, 0.4) is 0 Å². The summed E-state index contributed by atoms with van der Waals surface area (Å²) in [4.78, 5) is 0. The monoisotopic (exact) mass is 275 g/mol. The summed E-state index contributed by atoms with van der Waals surface area (Å²) in [7, 11) is 0. The average Bonchev–Trinajstić information content (AvgIpc) is 2.47. The summed E-state index contributed by atoms with van der Waals surface area (Å²) in [6.45, 7) is 7.63. The van der Waals surface area contributed by atoms with Gasteiger partial charge in [0.1, 0.15) is 5.75 Å². The molecular formula is C18H29NO. The molecule has 0 aromatic heterocycles. The van der Waals surface area contributed by atoms with Crippen LogP contribution in [0, 0.1) is 11.8 Å². The van der Waals surface area contributed by atoms with E-state index in [0.717, 1.165) is 30.6 Å². The first-order chi connectivity index (χ1) is 9.70. The molecule has 0 saturated heterocycles. The molecule has 1 aliphatic rings. The molecule has 1 aromatic carbocycles. The molecule has 0 spiro atoms. The number of ether oxygens (including phenoxy) is 1. The summed E-state index contributed by atoms with van der Waals surface area (Å²) in [6, 6.07) is 9.08. The lowest BCUT2D eigenvalue weighted by atomic mass is 9.78. The number of nitrogens with one attached hydrogen (secondary N) is 1. The molecule has 0 amide bonds. The van der Waals surface area contributed by atoms with Crippen LogP contribution in [-0.2, 0) is 0 Å².